The van der Waals surface area contributed by atoms with E-state index in [4.69, 9.17) is 11.1 Å². The summed E-state index contributed by atoms with van der Waals surface area (Å²) < 4.78 is 0. The van der Waals surface area contributed by atoms with E-state index in [1.807, 2.05) is 12.1 Å². The first-order valence-electron chi connectivity index (χ1n) is 6.30. The molecule has 2 heterocycles. The van der Waals surface area contributed by atoms with Crippen LogP contribution in [-0.2, 0) is 0 Å². The number of nitrogens with two attached hydrogens (primary N) is 1. The van der Waals surface area contributed by atoms with Crippen LogP contribution in [-0.4, -0.2) is 23.4 Å². The van der Waals surface area contributed by atoms with Gasteiger partial charge in [-0.25, -0.2) is 4.98 Å². The highest BCUT2D eigenvalue weighted by atomic mass is 15.2. The second-order valence-corrected chi connectivity index (χ2v) is 4.55. The van der Waals surface area contributed by atoms with Crippen LogP contribution < -0.4 is 10.6 Å². The van der Waals surface area contributed by atoms with Crippen molar-refractivity contribution < 1.29 is 0 Å². The van der Waals surface area contributed by atoms with Crippen molar-refractivity contribution >= 4 is 11.7 Å². The lowest BCUT2D eigenvalue weighted by Gasteiger charge is -2.36. The Morgan fingerprint density at radius 3 is 3.06 bits per heavy atom. The minimum Gasteiger partial charge on any atom is -0.382 e. The Balaban J connectivity index is 2.25. The third-order valence-corrected chi connectivity index (χ3v) is 3.40. The number of piperidine rings is 1. The average molecular weight is 232 g/mol. The quantitative estimate of drug-likeness (QED) is 0.620. The maximum atomic E-state index is 7.44. The molecule has 0 aromatic carbocycles. The predicted octanol–water partition coefficient (Wildman–Crippen LogP) is 2.13. The summed E-state index contributed by atoms with van der Waals surface area (Å²) in [5, 5.41) is 7.44. The second kappa shape index (κ2) is 5.17. The van der Waals surface area contributed by atoms with Crippen LogP contribution >= 0.6 is 0 Å². The van der Waals surface area contributed by atoms with Gasteiger partial charge in [-0.2, -0.15) is 0 Å². The fraction of sp³-hybridized carbons (Fsp3) is 0.538. The monoisotopic (exact) mass is 232 g/mol. The zero-order chi connectivity index (χ0) is 12.3. The van der Waals surface area contributed by atoms with Crippen LogP contribution in [0.3, 0.4) is 0 Å². The fourth-order valence-electron chi connectivity index (χ4n) is 2.46. The Labute approximate surface area is 102 Å². The fourth-order valence-corrected chi connectivity index (χ4v) is 2.46. The van der Waals surface area contributed by atoms with Crippen molar-refractivity contribution in [3.05, 3.63) is 23.9 Å². The molecule has 0 saturated carbocycles. The molecule has 0 radical (unpaired) electrons. The Morgan fingerprint density at radius 2 is 2.35 bits per heavy atom. The van der Waals surface area contributed by atoms with Crippen molar-refractivity contribution in [3.8, 4) is 0 Å². The van der Waals surface area contributed by atoms with Crippen molar-refractivity contribution in [1.82, 2.24) is 4.98 Å². The van der Waals surface area contributed by atoms with E-state index in [1.54, 1.807) is 6.07 Å². The first kappa shape index (κ1) is 11.9. The van der Waals surface area contributed by atoms with Crippen molar-refractivity contribution in [1.29, 1.82) is 5.41 Å². The lowest BCUT2D eigenvalue weighted by atomic mass is 10.00. The smallest absolute Gasteiger partial charge is 0.141 e. The minimum atomic E-state index is 0.0388. The van der Waals surface area contributed by atoms with E-state index in [0.29, 0.717) is 11.7 Å². The van der Waals surface area contributed by atoms with Gasteiger partial charge in [0.1, 0.15) is 17.3 Å². The maximum absolute atomic E-state index is 7.44. The van der Waals surface area contributed by atoms with Crippen molar-refractivity contribution in [2.24, 2.45) is 5.73 Å². The molecule has 17 heavy (non-hydrogen) atoms. The number of hydrogen-bond acceptors (Lipinski definition) is 3. The molecular weight excluding hydrogens is 212 g/mol. The second-order valence-electron chi connectivity index (χ2n) is 4.55. The van der Waals surface area contributed by atoms with Gasteiger partial charge in [-0.3, -0.25) is 5.41 Å². The molecule has 1 atom stereocenters. The summed E-state index contributed by atoms with van der Waals surface area (Å²) in [6.45, 7) is 3.28. The summed E-state index contributed by atoms with van der Waals surface area (Å²) >= 11 is 0. The Kier molecular flexibility index (Phi) is 3.61. The number of pyridine rings is 1. The van der Waals surface area contributed by atoms with Crippen LogP contribution in [0.1, 0.15) is 38.3 Å². The lowest BCUT2D eigenvalue weighted by Crippen LogP contribution is -2.39. The summed E-state index contributed by atoms with van der Waals surface area (Å²) in [5.74, 6) is 1.00. The van der Waals surface area contributed by atoms with Crippen LogP contribution in [0.15, 0.2) is 18.2 Å². The molecule has 3 N–H and O–H groups in total. The topological polar surface area (TPSA) is 66.0 Å². The predicted molar refractivity (Wildman–Crippen MR) is 70.5 cm³/mol. The zero-order valence-electron chi connectivity index (χ0n) is 10.3. The number of nitrogens with zero attached hydrogens (tertiary/aromatic N) is 2. The van der Waals surface area contributed by atoms with E-state index < -0.39 is 0 Å². The number of amidine groups is 1. The van der Waals surface area contributed by atoms with Gasteiger partial charge in [-0.1, -0.05) is 13.0 Å². The molecule has 1 aliphatic rings. The minimum absolute atomic E-state index is 0.0388. The number of hydrogen-bond donors (Lipinski definition) is 2. The lowest BCUT2D eigenvalue weighted by molar-refractivity contribution is 0.447. The largest absolute Gasteiger partial charge is 0.382 e. The van der Waals surface area contributed by atoms with Crippen molar-refractivity contribution in [2.75, 3.05) is 11.4 Å². The molecule has 92 valence electrons. The molecule has 0 amide bonds. The Morgan fingerprint density at radius 1 is 1.53 bits per heavy atom. The third kappa shape index (κ3) is 2.57. The Hall–Kier alpha value is -1.58. The van der Waals surface area contributed by atoms with Crippen LogP contribution in [0.25, 0.3) is 0 Å². The molecule has 1 aliphatic heterocycles. The molecule has 0 spiro atoms. The van der Waals surface area contributed by atoms with Crippen LogP contribution in [0.2, 0.25) is 0 Å². The van der Waals surface area contributed by atoms with Crippen molar-refractivity contribution in [2.45, 2.75) is 38.6 Å². The SMILES string of the molecule is CCC1CCCCN1c1cccc(C(=N)N)n1. The highest BCUT2D eigenvalue weighted by Crippen LogP contribution is 2.24. The molecule has 1 aromatic rings. The highest BCUT2D eigenvalue weighted by molar-refractivity contribution is 5.93. The summed E-state index contributed by atoms with van der Waals surface area (Å²) in [7, 11) is 0. The van der Waals surface area contributed by atoms with E-state index in [1.165, 1.54) is 19.3 Å². The van der Waals surface area contributed by atoms with Gasteiger partial charge in [0.15, 0.2) is 0 Å². The molecule has 0 bridgehead atoms. The van der Waals surface area contributed by atoms with E-state index >= 15 is 0 Å². The van der Waals surface area contributed by atoms with Crippen LogP contribution in [0.5, 0.6) is 0 Å². The van der Waals surface area contributed by atoms with Gasteiger partial charge in [0, 0.05) is 12.6 Å². The van der Waals surface area contributed by atoms with Gasteiger partial charge < -0.3 is 10.6 Å². The van der Waals surface area contributed by atoms with Crippen LogP contribution in [0, 0.1) is 5.41 Å². The average Bonchev–Trinajstić information content (AvgIpc) is 2.39. The standard InChI is InChI=1S/C13H20N4/c1-2-10-6-3-4-9-17(10)12-8-5-7-11(16-12)13(14)15/h5,7-8,10H,2-4,6,9H2,1H3,(H3,14,15). The normalized spacial score (nSPS) is 20.3. The zero-order valence-corrected chi connectivity index (χ0v) is 10.3. The number of rotatable bonds is 3. The van der Waals surface area contributed by atoms with Crippen molar-refractivity contribution in [3.63, 3.8) is 0 Å². The molecule has 4 heteroatoms. The molecule has 4 nitrogen and oxygen atoms in total. The van der Waals surface area contributed by atoms with Gasteiger partial charge >= 0.3 is 0 Å². The molecule has 1 saturated heterocycles. The molecule has 1 fully saturated rings. The molecule has 0 aliphatic carbocycles. The molecule has 1 unspecified atom stereocenters. The number of nitrogen functional groups attached to an aromatic ring is 1. The highest BCUT2D eigenvalue weighted by Gasteiger charge is 2.22. The third-order valence-electron chi connectivity index (χ3n) is 3.40. The summed E-state index contributed by atoms with van der Waals surface area (Å²) in [4.78, 5) is 6.83. The summed E-state index contributed by atoms with van der Waals surface area (Å²) in [6.07, 6.45) is 4.92. The number of aromatic nitrogens is 1. The first-order chi connectivity index (χ1) is 8.22. The molecule has 1 aromatic heterocycles. The Bertz CT molecular complexity index is 402. The van der Waals surface area contributed by atoms with Gasteiger partial charge in [0.2, 0.25) is 0 Å². The maximum Gasteiger partial charge on any atom is 0.141 e. The van der Waals surface area contributed by atoms with Gasteiger partial charge in [0.05, 0.1) is 0 Å². The van der Waals surface area contributed by atoms with Crippen LogP contribution in [0.4, 0.5) is 5.82 Å². The molecule has 2 rings (SSSR count). The number of nitrogens with one attached hydrogen (secondary N) is 1. The van der Waals surface area contributed by atoms with Gasteiger partial charge in [0.25, 0.3) is 0 Å². The van der Waals surface area contributed by atoms with E-state index in [9.17, 15) is 0 Å². The van der Waals surface area contributed by atoms with Gasteiger partial charge in [-0.05, 0) is 37.8 Å². The van der Waals surface area contributed by atoms with E-state index in [0.717, 1.165) is 18.8 Å². The molecular formula is C13H20N4. The first-order valence-corrected chi connectivity index (χ1v) is 6.30. The van der Waals surface area contributed by atoms with Gasteiger partial charge in [-0.15, -0.1) is 0 Å². The summed E-state index contributed by atoms with van der Waals surface area (Å²) in [6, 6.07) is 6.32. The van der Waals surface area contributed by atoms with E-state index in [2.05, 4.69) is 16.8 Å². The number of anilines is 1. The van der Waals surface area contributed by atoms with E-state index in [-0.39, 0.29) is 5.84 Å². The summed E-state index contributed by atoms with van der Waals surface area (Å²) in [5.41, 5.74) is 6.05.